The lowest BCUT2D eigenvalue weighted by atomic mass is 9.99. The maximum Gasteiger partial charge on any atom is 0.416 e. The lowest BCUT2D eigenvalue weighted by Crippen LogP contribution is -2.48. The number of aliphatic hydroxyl groups excluding tert-OH is 1. The number of carbonyl (C=O) groups excluding carboxylic acids is 1. The molecule has 0 bridgehead atoms. The first-order chi connectivity index (χ1) is 20.4. The van der Waals surface area contributed by atoms with Crippen molar-refractivity contribution in [3.8, 4) is 0 Å². The summed E-state index contributed by atoms with van der Waals surface area (Å²) in [5.41, 5.74) is 2.89. The topological polar surface area (TPSA) is 117 Å². The van der Waals surface area contributed by atoms with Crippen LogP contribution in [0.4, 0.5) is 24.5 Å². The SMILES string of the molecule is CCNc1cc(C(=O)N[C@@H](Cc2ccccc2)[C@H](O)CNCc2cccc(C(F)(F)F)c2)cc(N2CCCS2(O)O)c1C. The number of carbonyl (C=O) groups is 1. The fourth-order valence-electron chi connectivity index (χ4n) is 5.17. The number of benzene rings is 3. The molecule has 1 saturated heterocycles. The number of aliphatic hydroxyl groups is 1. The Morgan fingerprint density at radius 3 is 2.42 bits per heavy atom. The molecule has 4 rings (SSSR count). The number of anilines is 2. The van der Waals surface area contributed by atoms with E-state index < -0.39 is 40.6 Å². The molecule has 0 spiro atoms. The first kappa shape index (κ1) is 32.6. The van der Waals surface area contributed by atoms with Crippen LogP contribution in [0.1, 0.15) is 46.0 Å². The zero-order valence-corrected chi connectivity index (χ0v) is 25.0. The molecule has 0 aliphatic carbocycles. The van der Waals surface area contributed by atoms with E-state index in [1.54, 1.807) is 22.5 Å². The van der Waals surface area contributed by atoms with Crippen LogP contribution in [-0.4, -0.2) is 57.7 Å². The minimum absolute atomic E-state index is 0.0183. The Balaban J connectivity index is 1.53. The van der Waals surface area contributed by atoms with Gasteiger partial charge in [-0.15, -0.1) is 10.8 Å². The van der Waals surface area contributed by atoms with Crippen molar-refractivity contribution < 1.29 is 32.2 Å². The summed E-state index contributed by atoms with van der Waals surface area (Å²) >= 11 is 0. The number of hydrogen-bond donors (Lipinski definition) is 6. The zero-order valence-electron chi connectivity index (χ0n) is 24.2. The molecule has 3 aromatic carbocycles. The molecular weight excluding hydrogens is 581 g/mol. The summed E-state index contributed by atoms with van der Waals surface area (Å²) in [6, 6.07) is 16.9. The van der Waals surface area contributed by atoms with E-state index in [1.165, 1.54) is 6.07 Å². The van der Waals surface area contributed by atoms with Crippen molar-refractivity contribution >= 4 is 28.1 Å². The normalized spacial score (nSPS) is 16.9. The summed E-state index contributed by atoms with van der Waals surface area (Å²) in [6.45, 7) is 4.95. The van der Waals surface area contributed by atoms with E-state index in [0.29, 0.717) is 48.4 Å². The van der Waals surface area contributed by atoms with Crippen LogP contribution in [0.5, 0.6) is 0 Å². The molecule has 0 aromatic heterocycles. The van der Waals surface area contributed by atoms with Gasteiger partial charge in [0.2, 0.25) is 0 Å². The molecule has 3 aromatic rings. The van der Waals surface area contributed by atoms with Gasteiger partial charge >= 0.3 is 6.18 Å². The Labute approximate surface area is 251 Å². The van der Waals surface area contributed by atoms with E-state index in [1.807, 2.05) is 44.2 Å². The largest absolute Gasteiger partial charge is 0.416 e. The summed E-state index contributed by atoms with van der Waals surface area (Å²) in [4.78, 5) is 13.7. The van der Waals surface area contributed by atoms with Crippen molar-refractivity contribution in [2.45, 2.75) is 51.6 Å². The average molecular weight is 621 g/mol. The van der Waals surface area contributed by atoms with E-state index in [0.717, 1.165) is 23.3 Å². The number of amides is 1. The first-order valence-electron chi connectivity index (χ1n) is 14.2. The van der Waals surface area contributed by atoms with Gasteiger partial charge in [0.05, 0.1) is 29.1 Å². The average Bonchev–Trinajstić information content (AvgIpc) is 3.32. The zero-order chi connectivity index (χ0) is 31.2. The highest BCUT2D eigenvalue weighted by atomic mass is 32.3. The summed E-state index contributed by atoms with van der Waals surface area (Å²) in [7, 11) is -2.99. The molecule has 1 aliphatic rings. The number of nitrogens with zero attached hydrogens (tertiary/aromatic N) is 1. The molecule has 12 heteroatoms. The smallest absolute Gasteiger partial charge is 0.390 e. The molecule has 43 heavy (non-hydrogen) atoms. The van der Waals surface area contributed by atoms with Crippen LogP contribution in [-0.2, 0) is 19.1 Å². The van der Waals surface area contributed by atoms with Crippen LogP contribution in [0.2, 0.25) is 0 Å². The molecule has 1 heterocycles. The van der Waals surface area contributed by atoms with Gasteiger partial charge in [0.25, 0.3) is 5.91 Å². The second kappa shape index (κ2) is 14.0. The van der Waals surface area contributed by atoms with Gasteiger partial charge in [-0.3, -0.25) is 18.2 Å². The van der Waals surface area contributed by atoms with Crippen molar-refractivity contribution in [3.05, 3.63) is 94.5 Å². The van der Waals surface area contributed by atoms with Gasteiger partial charge in [-0.05, 0) is 61.6 Å². The van der Waals surface area contributed by atoms with E-state index in [-0.39, 0.29) is 18.8 Å². The highest BCUT2D eigenvalue weighted by molar-refractivity contribution is 8.25. The highest BCUT2D eigenvalue weighted by Crippen LogP contribution is 2.52. The van der Waals surface area contributed by atoms with Crippen molar-refractivity contribution in [2.24, 2.45) is 0 Å². The van der Waals surface area contributed by atoms with Crippen LogP contribution >= 0.6 is 10.8 Å². The van der Waals surface area contributed by atoms with E-state index in [9.17, 15) is 32.2 Å². The van der Waals surface area contributed by atoms with Crippen LogP contribution in [0, 0.1) is 6.92 Å². The van der Waals surface area contributed by atoms with Gasteiger partial charge in [0.15, 0.2) is 0 Å². The Kier molecular flexibility index (Phi) is 10.6. The standard InChI is InChI=1S/C31H39F3N4O4S/c1-3-36-26-17-24(18-28(21(26)2)38-13-8-14-43(38,41)42)30(40)37-27(16-22-9-5-4-6-10-22)29(39)20-35-19-23-11-7-12-25(15-23)31(32,33)34/h4-7,9-12,15,17-18,27,29,35-36,39,41-42H,3,8,13-14,16,19-20H2,1-2H3,(H,37,40)/t27-,29+/m0/s1. The van der Waals surface area contributed by atoms with Gasteiger partial charge in [-0.2, -0.15) is 13.2 Å². The van der Waals surface area contributed by atoms with Crippen LogP contribution < -0.4 is 20.3 Å². The van der Waals surface area contributed by atoms with Crippen molar-refractivity contribution in [1.82, 2.24) is 10.6 Å². The monoisotopic (exact) mass is 620 g/mol. The van der Waals surface area contributed by atoms with E-state index in [2.05, 4.69) is 16.0 Å². The molecule has 1 fully saturated rings. The number of alkyl halides is 3. The van der Waals surface area contributed by atoms with Gasteiger partial charge in [-0.1, -0.05) is 48.5 Å². The molecule has 2 atom stereocenters. The third-order valence-corrected chi connectivity index (χ3v) is 9.35. The molecule has 0 radical (unpaired) electrons. The predicted molar refractivity (Wildman–Crippen MR) is 166 cm³/mol. The minimum Gasteiger partial charge on any atom is -0.390 e. The number of hydrogen-bond acceptors (Lipinski definition) is 7. The van der Waals surface area contributed by atoms with Crippen molar-refractivity contribution in [2.75, 3.05) is 35.0 Å². The molecule has 0 unspecified atom stereocenters. The fourth-order valence-corrected chi connectivity index (χ4v) is 6.83. The van der Waals surface area contributed by atoms with Gasteiger partial charge in [0, 0.05) is 37.4 Å². The first-order valence-corrected chi connectivity index (χ1v) is 15.9. The number of halogens is 3. The maximum absolute atomic E-state index is 13.7. The fraction of sp³-hybridized carbons (Fsp3) is 0.387. The summed E-state index contributed by atoms with van der Waals surface area (Å²) in [5.74, 6) is -0.188. The predicted octanol–water partition coefficient (Wildman–Crippen LogP) is 5.81. The Bertz CT molecular complexity index is 1390. The lowest BCUT2D eigenvalue weighted by Gasteiger charge is -2.39. The second-order valence-corrected chi connectivity index (χ2v) is 12.8. The third-order valence-electron chi connectivity index (χ3n) is 7.43. The Morgan fingerprint density at radius 1 is 1.05 bits per heavy atom. The lowest BCUT2D eigenvalue weighted by molar-refractivity contribution is -0.137. The van der Waals surface area contributed by atoms with Gasteiger partial charge < -0.3 is 21.1 Å². The van der Waals surface area contributed by atoms with Gasteiger partial charge in [-0.25, -0.2) is 0 Å². The summed E-state index contributed by atoms with van der Waals surface area (Å²) in [6.07, 6.45) is -4.59. The quantitative estimate of drug-likeness (QED) is 0.151. The summed E-state index contributed by atoms with van der Waals surface area (Å²) in [5, 5.41) is 20.4. The molecule has 0 saturated carbocycles. The Hall–Kier alpha value is -3.29. The molecule has 8 nitrogen and oxygen atoms in total. The van der Waals surface area contributed by atoms with Crippen LogP contribution in [0.15, 0.2) is 66.7 Å². The number of rotatable bonds is 12. The molecular formula is C31H39F3N4O4S. The van der Waals surface area contributed by atoms with Crippen molar-refractivity contribution in [3.63, 3.8) is 0 Å². The summed E-state index contributed by atoms with van der Waals surface area (Å²) < 4.78 is 62.1. The van der Waals surface area contributed by atoms with E-state index >= 15 is 0 Å². The molecule has 6 N–H and O–H groups in total. The van der Waals surface area contributed by atoms with Crippen LogP contribution in [0.25, 0.3) is 0 Å². The molecule has 1 aliphatic heterocycles. The van der Waals surface area contributed by atoms with Crippen molar-refractivity contribution in [1.29, 1.82) is 0 Å². The minimum atomic E-state index is -4.45. The molecule has 1 amide bonds. The van der Waals surface area contributed by atoms with Gasteiger partial charge in [0.1, 0.15) is 0 Å². The van der Waals surface area contributed by atoms with Crippen LogP contribution in [0.3, 0.4) is 0 Å². The second-order valence-electron chi connectivity index (χ2n) is 10.7. The maximum atomic E-state index is 13.7. The number of nitrogens with one attached hydrogen (secondary N) is 3. The Morgan fingerprint density at radius 2 is 1.77 bits per heavy atom. The highest BCUT2D eigenvalue weighted by Gasteiger charge is 2.32. The van der Waals surface area contributed by atoms with E-state index in [4.69, 9.17) is 0 Å². The third kappa shape index (κ3) is 8.42. The molecule has 234 valence electrons.